The average Bonchev–Trinajstić information content (AvgIpc) is 3.26. The number of fused-ring (bicyclic) bond motifs is 2. The Labute approximate surface area is 355 Å². The first-order chi connectivity index (χ1) is 29.6. The summed E-state index contributed by atoms with van der Waals surface area (Å²) in [6.07, 6.45) is 9.98. The number of amides is 2. The number of carbonyl (C=O) groups is 2. The lowest BCUT2D eigenvalue weighted by Crippen LogP contribution is -2.41. The second kappa shape index (κ2) is 19.9. The fourth-order valence-corrected chi connectivity index (χ4v) is 8.38. The number of benzene rings is 4. The van der Waals surface area contributed by atoms with Gasteiger partial charge in [-0.05, 0) is 104 Å². The number of phenolic OH excluding ortho intramolecular Hbond substituents is 1. The maximum atomic E-state index is 13.7. The van der Waals surface area contributed by atoms with Crippen LogP contribution in [0.1, 0.15) is 107 Å². The number of primary amides is 1. The maximum Gasteiger partial charge on any atom is 0.253 e. The van der Waals surface area contributed by atoms with Gasteiger partial charge in [0.05, 0.1) is 41.6 Å². The molecule has 6 aromatic rings. The van der Waals surface area contributed by atoms with Crippen LogP contribution in [0.2, 0.25) is 0 Å². The molecule has 3 heterocycles. The van der Waals surface area contributed by atoms with Gasteiger partial charge in [-0.25, -0.2) is 0 Å². The number of aromatic nitrogens is 2. The van der Waals surface area contributed by atoms with Crippen molar-refractivity contribution >= 4 is 45.0 Å². The Morgan fingerprint density at radius 3 is 2.48 bits per heavy atom. The standard InChI is InChI=1S/C49H55N5O7/c1-31-25-33(28-40-45(31)51-30-41(48(50)58)46(40)52-35-13-10-14-37(29-35)60-2)26-32-11-9-12-34(27-32)49(59)54-22-20-36(21-23-54)61-24-8-6-4-3-5-7-15-42(55)38-16-18-43(56)47-39(38)17-19-44(57)53-47/h9-14,16-19,25,27-30,36,42,55-56H,3-8,15,20-24,26H2,1-2H3,(H2,50,58)(H,51,52)(H,53,57)/t42-/m0/s1. The summed E-state index contributed by atoms with van der Waals surface area (Å²) in [7, 11) is 1.61. The van der Waals surface area contributed by atoms with Gasteiger partial charge in [0.25, 0.3) is 11.8 Å². The number of H-pyrrole nitrogens is 1. The Morgan fingerprint density at radius 2 is 1.69 bits per heavy atom. The molecule has 0 spiro atoms. The zero-order valence-electron chi connectivity index (χ0n) is 34.9. The van der Waals surface area contributed by atoms with Crippen molar-refractivity contribution in [3.05, 3.63) is 135 Å². The number of nitrogens with two attached hydrogens (primary N) is 1. The lowest BCUT2D eigenvalue weighted by molar-refractivity contribution is 0.00717. The van der Waals surface area contributed by atoms with Crippen molar-refractivity contribution in [2.24, 2.45) is 5.73 Å². The number of rotatable bonds is 18. The number of pyridine rings is 2. The molecule has 0 radical (unpaired) electrons. The predicted molar refractivity (Wildman–Crippen MR) is 239 cm³/mol. The van der Waals surface area contributed by atoms with Crippen LogP contribution >= 0.6 is 0 Å². The Hall–Kier alpha value is -6.24. The third kappa shape index (κ3) is 10.6. The van der Waals surface area contributed by atoms with E-state index in [1.807, 2.05) is 66.4 Å². The van der Waals surface area contributed by atoms with Gasteiger partial charge < -0.3 is 40.6 Å². The highest BCUT2D eigenvalue weighted by Gasteiger charge is 2.24. The summed E-state index contributed by atoms with van der Waals surface area (Å²) >= 11 is 0. The van der Waals surface area contributed by atoms with Gasteiger partial charge in [-0.1, -0.05) is 62.4 Å². The van der Waals surface area contributed by atoms with Crippen LogP contribution in [0.4, 0.5) is 11.4 Å². The third-order valence-corrected chi connectivity index (χ3v) is 11.6. The van der Waals surface area contributed by atoms with Crippen molar-refractivity contribution < 1.29 is 29.3 Å². The monoisotopic (exact) mass is 825 g/mol. The van der Waals surface area contributed by atoms with E-state index < -0.39 is 12.0 Å². The highest BCUT2D eigenvalue weighted by molar-refractivity contribution is 6.08. The van der Waals surface area contributed by atoms with Gasteiger partial charge in [-0.2, -0.15) is 0 Å². The number of phenols is 1. The van der Waals surface area contributed by atoms with E-state index in [4.69, 9.17) is 15.2 Å². The van der Waals surface area contributed by atoms with Crippen LogP contribution in [0, 0.1) is 6.92 Å². The molecule has 12 nitrogen and oxygen atoms in total. The summed E-state index contributed by atoms with van der Waals surface area (Å²) in [6.45, 7) is 4.01. The molecule has 2 amide bonds. The molecule has 1 atom stereocenters. The number of unbranched alkanes of at least 4 members (excludes halogenated alkanes) is 5. The van der Waals surface area contributed by atoms with Crippen LogP contribution in [0.5, 0.6) is 11.5 Å². The molecule has 6 N–H and O–H groups in total. The minimum Gasteiger partial charge on any atom is -0.506 e. The van der Waals surface area contributed by atoms with Gasteiger partial charge in [-0.3, -0.25) is 19.4 Å². The van der Waals surface area contributed by atoms with Gasteiger partial charge in [0, 0.05) is 60.0 Å². The number of aryl methyl sites for hydroxylation is 1. The van der Waals surface area contributed by atoms with Gasteiger partial charge in [-0.15, -0.1) is 0 Å². The number of likely N-dealkylation sites (tertiary alicyclic amines) is 1. The molecule has 0 bridgehead atoms. The van der Waals surface area contributed by atoms with Gasteiger partial charge in [0.2, 0.25) is 5.56 Å². The van der Waals surface area contributed by atoms with Gasteiger partial charge in [0.1, 0.15) is 11.5 Å². The van der Waals surface area contributed by atoms with E-state index in [2.05, 4.69) is 21.4 Å². The number of aromatic amines is 1. The van der Waals surface area contributed by atoms with E-state index in [1.165, 1.54) is 18.3 Å². The molecule has 0 unspecified atom stereocenters. The molecule has 7 rings (SSSR count). The molecule has 2 aromatic heterocycles. The van der Waals surface area contributed by atoms with Crippen molar-refractivity contribution in [3.63, 3.8) is 0 Å². The SMILES string of the molecule is COc1cccc(Nc2c(C(N)=O)cnc3c(C)cc(Cc4cccc(C(=O)N5CCC(OCCCCCCCC[C@H](O)c6ccc(O)c7[nH]c(=O)ccc67)CC5)c4)cc23)c1. The first-order valence-electron chi connectivity index (χ1n) is 21.2. The molecule has 4 aromatic carbocycles. The van der Waals surface area contributed by atoms with E-state index in [0.717, 1.165) is 84.6 Å². The smallest absolute Gasteiger partial charge is 0.253 e. The van der Waals surface area contributed by atoms with Crippen molar-refractivity contribution in [1.29, 1.82) is 0 Å². The molecular weight excluding hydrogens is 771 g/mol. The van der Waals surface area contributed by atoms with Crippen molar-refractivity contribution in [1.82, 2.24) is 14.9 Å². The Morgan fingerprint density at radius 1 is 0.918 bits per heavy atom. The molecule has 0 saturated carbocycles. The number of hydrogen-bond acceptors (Lipinski definition) is 9. The largest absolute Gasteiger partial charge is 0.506 e. The summed E-state index contributed by atoms with van der Waals surface area (Å²) in [6, 6.07) is 25.7. The number of ether oxygens (including phenoxy) is 2. The van der Waals surface area contributed by atoms with Crippen LogP contribution in [0.15, 0.2) is 95.9 Å². The molecule has 1 fully saturated rings. The normalized spacial score (nSPS) is 13.7. The number of hydrogen-bond donors (Lipinski definition) is 5. The summed E-state index contributed by atoms with van der Waals surface area (Å²) < 4.78 is 11.6. The van der Waals surface area contributed by atoms with Crippen LogP contribution in [-0.4, -0.2) is 69.8 Å². The number of aromatic hydroxyl groups is 1. The van der Waals surface area contributed by atoms with E-state index >= 15 is 0 Å². The lowest BCUT2D eigenvalue weighted by atomic mass is 9.97. The Balaban J connectivity index is 0.851. The highest BCUT2D eigenvalue weighted by Crippen LogP contribution is 2.34. The van der Waals surface area contributed by atoms with Crippen molar-refractivity contribution in [3.8, 4) is 11.5 Å². The Kier molecular flexibility index (Phi) is 14.0. The van der Waals surface area contributed by atoms with E-state index in [0.29, 0.717) is 66.0 Å². The van der Waals surface area contributed by atoms with E-state index in [9.17, 15) is 24.6 Å². The zero-order valence-corrected chi connectivity index (χ0v) is 34.9. The number of methoxy groups -OCH3 is 1. The molecule has 318 valence electrons. The number of aliphatic hydroxyl groups is 1. The number of nitrogens with one attached hydrogen (secondary N) is 2. The summed E-state index contributed by atoms with van der Waals surface area (Å²) in [4.78, 5) is 47.1. The first kappa shape index (κ1) is 42.9. The van der Waals surface area contributed by atoms with E-state index in [1.54, 1.807) is 19.2 Å². The van der Waals surface area contributed by atoms with Gasteiger partial charge in [0.15, 0.2) is 0 Å². The predicted octanol–water partition coefficient (Wildman–Crippen LogP) is 8.62. The fraction of sp³-hybridized carbons (Fsp3) is 0.347. The molecule has 1 aliphatic heterocycles. The van der Waals surface area contributed by atoms with Crippen LogP contribution < -0.4 is 21.3 Å². The molecule has 0 aliphatic carbocycles. The number of nitrogens with zero attached hydrogens (tertiary/aromatic N) is 2. The minimum atomic E-state index is -0.663. The van der Waals surface area contributed by atoms with Crippen LogP contribution in [0.25, 0.3) is 21.8 Å². The number of carbonyl (C=O) groups excluding carboxylic acids is 2. The van der Waals surface area contributed by atoms with E-state index in [-0.39, 0.29) is 28.9 Å². The molecular formula is C49H55N5O7. The molecule has 1 saturated heterocycles. The summed E-state index contributed by atoms with van der Waals surface area (Å²) in [5, 5.41) is 25.8. The van der Waals surface area contributed by atoms with Gasteiger partial charge >= 0.3 is 0 Å². The second-order valence-electron chi connectivity index (χ2n) is 16.0. The Bertz CT molecular complexity index is 2560. The fourth-order valence-electron chi connectivity index (χ4n) is 8.38. The van der Waals surface area contributed by atoms with Crippen molar-refractivity contribution in [2.75, 3.05) is 32.1 Å². The van der Waals surface area contributed by atoms with Crippen LogP contribution in [-0.2, 0) is 11.2 Å². The lowest BCUT2D eigenvalue weighted by Gasteiger charge is -2.32. The zero-order chi connectivity index (χ0) is 42.9. The number of piperidine rings is 1. The quantitative estimate of drug-likeness (QED) is 0.0531. The molecule has 61 heavy (non-hydrogen) atoms. The van der Waals surface area contributed by atoms with Crippen molar-refractivity contribution in [2.45, 2.75) is 83.3 Å². The minimum absolute atomic E-state index is 0.00529. The molecule has 12 heteroatoms. The average molecular weight is 826 g/mol. The summed E-state index contributed by atoms with van der Waals surface area (Å²) in [5.41, 5.74) is 12.6. The molecule has 1 aliphatic rings. The van der Waals surface area contributed by atoms with Crippen LogP contribution in [0.3, 0.4) is 0 Å². The highest BCUT2D eigenvalue weighted by atomic mass is 16.5. The maximum absolute atomic E-state index is 13.7. The first-order valence-corrected chi connectivity index (χ1v) is 21.2. The summed E-state index contributed by atoms with van der Waals surface area (Å²) in [5.74, 6) is 0.118. The number of anilines is 2. The second-order valence-corrected chi connectivity index (χ2v) is 16.0. The topological polar surface area (TPSA) is 180 Å². The number of aliphatic hydroxyl groups excluding tert-OH is 1. The third-order valence-electron chi connectivity index (χ3n) is 11.6.